The van der Waals surface area contributed by atoms with Gasteiger partial charge in [-0.15, -0.1) is 0 Å². The van der Waals surface area contributed by atoms with Gasteiger partial charge >= 0.3 is 5.97 Å². The predicted octanol–water partition coefficient (Wildman–Crippen LogP) is 1.64. The Balaban J connectivity index is 4.33. The van der Waals surface area contributed by atoms with Crippen molar-refractivity contribution in [3.63, 3.8) is 0 Å². The molecular formula is C15H28N2O4. The van der Waals surface area contributed by atoms with Gasteiger partial charge in [0.15, 0.2) is 0 Å². The third-order valence-corrected chi connectivity index (χ3v) is 3.15. The molecule has 0 saturated carbocycles. The van der Waals surface area contributed by atoms with Crippen LogP contribution >= 0.6 is 0 Å². The van der Waals surface area contributed by atoms with Gasteiger partial charge in [0.05, 0.1) is 0 Å². The third kappa shape index (κ3) is 7.68. The van der Waals surface area contributed by atoms with E-state index in [9.17, 15) is 14.4 Å². The quantitative estimate of drug-likeness (QED) is 0.642. The predicted molar refractivity (Wildman–Crippen MR) is 80.8 cm³/mol. The molecule has 2 N–H and O–H groups in total. The van der Waals surface area contributed by atoms with Crippen molar-refractivity contribution in [3.8, 4) is 0 Å². The molecule has 6 nitrogen and oxygen atoms in total. The van der Waals surface area contributed by atoms with Gasteiger partial charge in [-0.05, 0) is 18.8 Å². The molecule has 0 aliphatic carbocycles. The molecule has 1 atom stereocenters. The van der Waals surface area contributed by atoms with Gasteiger partial charge in [0.25, 0.3) is 0 Å². The van der Waals surface area contributed by atoms with E-state index in [2.05, 4.69) is 5.32 Å². The molecule has 0 aliphatic rings. The minimum atomic E-state index is -1.05. The van der Waals surface area contributed by atoms with Crippen LogP contribution in [0, 0.1) is 5.92 Å². The van der Waals surface area contributed by atoms with Crippen molar-refractivity contribution in [2.75, 3.05) is 13.1 Å². The van der Waals surface area contributed by atoms with Gasteiger partial charge in [-0.25, -0.2) is 4.79 Å². The molecule has 0 bridgehead atoms. The minimum Gasteiger partial charge on any atom is -0.480 e. The second-order valence-electron chi connectivity index (χ2n) is 5.51. The second-order valence-corrected chi connectivity index (χ2v) is 5.51. The Labute approximate surface area is 126 Å². The maximum Gasteiger partial charge on any atom is 0.326 e. The number of rotatable bonds is 10. The summed E-state index contributed by atoms with van der Waals surface area (Å²) in [6.45, 7) is 8.85. The van der Waals surface area contributed by atoms with E-state index < -0.39 is 17.9 Å². The van der Waals surface area contributed by atoms with Crippen LogP contribution in [0.1, 0.15) is 53.4 Å². The maximum absolute atomic E-state index is 12.0. The lowest BCUT2D eigenvalue weighted by atomic mass is 10.0. The number of hydrogen-bond donors (Lipinski definition) is 2. The largest absolute Gasteiger partial charge is 0.480 e. The zero-order valence-corrected chi connectivity index (χ0v) is 13.5. The van der Waals surface area contributed by atoms with Crippen molar-refractivity contribution >= 4 is 17.8 Å². The van der Waals surface area contributed by atoms with Gasteiger partial charge in [0, 0.05) is 25.9 Å². The highest BCUT2D eigenvalue weighted by molar-refractivity contribution is 5.87. The van der Waals surface area contributed by atoms with Crippen molar-refractivity contribution in [1.29, 1.82) is 0 Å². The maximum atomic E-state index is 12.0. The van der Waals surface area contributed by atoms with Crippen LogP contribution in [0.5, 0.6) is 0 Å². The summed E-state index contributed by atoms with van der Waals surface area (Å²) in [4.78, 5) is 36.5. The van der Waals surface area contributed by atoms with Crippen LogP contribution in [0.25, 0.3) is 0 Å². The zero-order chi connectivity index (χ0) is 16.4. The Morgan fingerprint density at radius 3 is 1.95 bits per heavy atom. The summed E-state index contributed by atoms with van der Waals surface area (Å²) in [5.74, 6) is -1.69. The molecule has 0 spiro atoms. The Bertz CT molecular complexity index is 350. The molecule has 0 aromatic carbocycles. The molecule has 0 saturated heterocycles. The highest BCUT2D eigenvalue weighted by Gasteiger charge is 2.23. The molecule has 2 amide bonds. The monoisotopic (exact) mass is 300 g/mol. The van der Waals surface area contributed by atoms with E-state index in [-0.39, 0.29) is 24.7 Å². The van der Waals surface area contributed by atoms with E-state index in [4.69, 9.17) is 5.11 Å². The van der Waals surface area contributed by atoms with Crippen LogP contribution in [-0.2, 0) is 14.4 Å². The van der Waals surface area contributed by atoms with Crippen LogP contribution in [-0.4, -0.2) is 46.9 Å². The number of amides is 2. The number of carbonyl (C=O) groups is 3. The lowest BCUT2D eigenvalue weighted by Crippen LogP contribution is -2.44. The van der Waals surface area contributed by atoms with Crippen LogP contribution < -0.4 is 5.32 Å². The van der Waals surface area contributed by atoms with Gasteiger partial charge in [-0.3, -0.25) is 9.59 Å². The third-order valence-electron chi connectivity index (χ3n) is 3.15. The molecule has 0 unspecified atom stereocenters. The number of carboxylic acid groups (broad SMARTS) is 1. The first-order chi connectivity index (χ1) is 9.83. The fourth-order valence-electron chi connectivity index (χ4n) is 2.04. The van der Waals surface area contributed by atoms with Crippen LogP contribution in [0.4, 0.5) is 0 Å². The van der Waals surface area contributed by atoms with Crippen LogP contribution in [0.3, 0.4) is 0 Å². The van der Waals surface area contributed by atoms with E-state index in [1.807, 2.05) is 13.8 Å². The van der Waals surface area contributed by atoms with Gasteiger partial charge in [-0.1, -0.05) is 27.7 Å². The van der Waals surface area contributed by atoms with Gasteiger partial charge in [0.2, 0.25) is 11.8 Å². The van der Waals surface area contributed by atoms with Gasteiger partial charge < -0.3 is 15.3 Å². The minimum absolute atomic E-state index is 0.0270. The van der Waals surface area contributed by atoms with Gasteiger partial charge in [0.1, 0.15) is 6.04 Å². The average Bonchev–Trinajstić information content (AvgIpc) is 2.41. The topological polar surface area (TPSA) is 86.7 Å². The Morgan fingerprint density at radius 1 is 1.05 bits per heavy atom. The SMILES string of the molecule is CCCN(CCC)C(=O)CCC(=O)N[C@H](C(=O)O)C(C)C. The molecule has 0 aliphatic heterocycles. The molecule has 0 aromatic rings. The number of aliphatic carboxylic acids is 1. The molecule has 0 fully saturated rings. The molecule has 0 rings (SSSR count). The molecule has 6 heteroatoms. The zero-order valence-electron chi connectivity index (χ0n) is 13.5. The first-order valence-electron chi connectivity index (χ1n) is 7.63. The molecule has 21 heavy (non-hydrogen) atoms. The summed E-state index contributed by atoms with van der Waals surface area (Å²) in [5, 5.41) is 11.5. The van der Waals surface area contributed by atoms with Crippen molar-refractivity contribution in [2.45, 2.75) is 59.4 Å². The summed E-state index contributed by atoms with van der Waals surface area (Å²) in [6, 6.07) is -0.907. The lowest BCUT2D eigenvalue weighted by Gasteiger charge is -2.22. The fraction of sp³-hybridized carbons (Fsp3) is 0.800. The van der Waals surface area contributed by atoms with Crippen molar-refractivity contribution in [3.05, 3.63) is 0 Å². The van der Waals surface area contributed by atoms with Crippen LogP contribution in [0.15, 0.2) is 0 Å². The van der Waals surface area contributed by atoms with Crippen molar-refractivity contribution < 1.29 is 19.5 Å². The van der Waals surface area contributed by atoms with E-state index >= 15 is 0 Å². The first-order valence-corrected chi connectivity index (χ1v) is 7.63. The molecule has 0 heterocycles. The normalized spacial score (nSPS) is 12.0. The lowest BCUT2D eigenvalue weighted by molar-refractivity contribution is -0.143. The van der Waals surface area contributed by atoms with E-state index in [0.29, 0.717) is 13.1 Å². The fourth-order valence-corrected chi connectivity index (χ4v) is 2.04. The molecule has 0 radical (unpaired) electrons. The standard InChI is InChI=1S/C15H28N2O4/c1-5-9-17(10-6-2)13(19)8-7-12(18)16-14(11(3)4)15(20)21/h11,14H,5-10H2,1-4H3,(H,16,18)(H,20,21)/t14-/m0/s1. The van der Waals surface area contributed by atoms with Crippen molar-refractivity contribution in [2.24, 2.45) is 5.92 Å². The second kappa shape index (κ2) is 10.2. The summed E-state index contributed by atoms with van der Waals surface area (Å²) in [7, 11) is 0. The van der Waals surface area contributed by atoms with E-state index in [1.54, 1.807) is 18.7 Å². The Hall–Kier alpha value is -1.59. The van der Waals surface area contributed by atoms with E-state index in [1.165, 1.54) is 0 Å². The van der Waals surface area contributed by atoms with Crippen LogP contribution in [0.2, 0.25) is 0 Å². The van der Waals surface area contributed by atoms with Gasteiger partial charge in [-0.2, -0.15) is 0 Å². The Morgan fingerprint density at radius 2 is 1.57 bits per heavy atom. The highest BCUT2D eigenvalue weighted by atomic mass is 16.4. The number of carbonyl (C=O) groups excluding carboxylic acids is 2. The molecule has 122 valence electrons. The van der Waals surface area contributed by atoms with E-state index in [0.717, 1.165) is 12.8 Å². The highest BCUT2D eigenvalue weighted by Crippen LogP contribution is 2.05. The molecule has 0 aromatic heterocycles. The number of nitrogens with zero attached hydrogens (tertiary/aromatic N) is 1. The smallest absolute Gasteiger partial charge is 0.326 e. The first kappa shape index (κ1) is 19.4. The number of carboxylic acids is 1. The Kier molecular flexibility index (Phi) is 9.41. The molecular weight excluding hydrogens is 272 g/mol. The van der Waals surface area contributed by atoms with Crippen molar-refractivity contribution in [1.82, 2.24) is 10.2 Å². The number of nitrogens with one attached hydrogen (secondary N) is 1. The summed E-state index contributed by atoms with van der Waals surface area (Å²) in [6.07, 6.45) is 1.91. The summed E-state index contributed by atoms with van der Waals surface area (Å²) < 4.78 is 0. The summed E-state index contributed by atoms with van der Waals surface area (Å²) >= 11 is 0. The average molecular weight is 300 g/mol. The summed E-state index contributed by atoms with van der Waals surface area (Å²) in [5.41, 5.74) is 0. The number of hydrogen-bond acceptors (Lipinski definition) is 3.